The summed E-state index contributed by atoms with van der Waals surface area (Å²) in [6.45, 7) is 2.58. The van der Waals surface area contributed by atoms with E-state index < -0.39 is 0 Å². The molecule has 22 heavy (non-hydrogen) atoms. The third kappa shape index (κ3) is 3.47. The molecule has 1 atom stereocenters. The van der Waals surface area contributed by atoms with Crippen LogP contribution in [0, 0.1) is 5.92 Å². The lowest BCUT2D eigenvalue weighted by atomic mass is 9.95. The van der Waals surface area contributed by atoms with Crippen molar-refractivity contribution in [1.82, 2.24) is 10.3 Å². The van der Waals surface area contributed by atoms with E-state index in [0.29, 0.717) is 18.9 Å². The van der Waals surface area contributed by atoms with Crippen molar-refractivity contribution in [2.24, 2.45) is 11.7 Å². The molecule has 3 N–H and O–H groups in total. The van der Waals surface area contributed by atoms with Crippen LogP contribution in [0.4, 0.5) is 0 Å². The molecule has 1 aliphatic rings. The van der Waals surface area contributed by atoms with Gasteiger partial charge in [0.05, 0.1) is 20.8 Å². The number of thiazole rings is 1. The fraction of sp³-hybridized carbons (Fsp3) is 0.529. The third-order valence-electron chi connectivity index (χ3n) is 4.46. The van der Waals surface area contributed by atoms with Crippen LogP contribution in [0.3, 0.4) is 0 Å². The first-order valence-corrected chi connectivity index (χ1v) is 8.78. The van der Waals surface area contributed by atoms with Gasteiger partial charge in [0.15, 0.2) is 0 Å². The monoisotopic (exact) mass is 317 g/mol. The van der Waals surface area contributed by atoms with Crippen LogP contribution in [0.5, 0.6) is 0 Å². The predicted molar refractivity (Wildman–Crippen MR) is 90.9 cm³/mol. The number of amides is 1. The molecule has 118 valence electrons. The molecule has 0 radical (unpaired) electrons. The zero-order chi connectivity index (χ0) is 15.6. The summed E-state index contributed by atoms with van der Waals surface area (Å²) < 4.78 is 1.21. The molecule has 1 unspecified atom stereocenters. The number of benzene rings is 1. The Hall–Kier alpha value is -1.46. The Kier molecular flexibility index (Phi) is 4.45. The molecule has 5 heteroatoms. The molecule has 1 aromatic carbocycles. The Morgan fingerprint density at radius 3 is 2.91 bits per heavy atom. The first-order chi connectivity index (χ1) is 10.6. The minimum absolute atomic E-state index is 0.112. The van der Waals surface area contributed by atoms with Crippen LogP contribution < -0.4 is 11.1 Å². The summed E-state index contributed by atoms with van der Waals surface area (Å²) in [5.74, 6) is 0.673. The largest absolute Gasteiger partial charge is 0.349 e. The fourth-order valence-corrected chi connectivity index (χ4v) is 3.86. The summed E-state index contributed by atoms with van der Waals surface area (Å²) in [4.78, 5) is 16.7. The van der Waals surface area contributed by atoms with Gasteiger partial charge in [-0.15, -0.1) is 11.3 Å². The van der Waals surface area contributed by atoms with Crippen molar-refractivity contribution in [3.63, 3.8) is 0 Å². The molecule has 1 fully saturated rings. The Labute approximate surface area is 135 Å². The normalized spacial score (nSPS) is 17.4. The molecular weight excluding hydrogens is 294 g/mol. The van der Waals surface area contributed by atoms with Gasteiger partial charge in [0.1, 0.15) is 0 Å². The highest BCUT2D eigenvalue weighted by atomic mass is 32.1. The van der Waals surface area contributed by atoms with Crippen LogP contribution in [0.2, 0.25) is 0 Å². The fourth-order valence-electron chi connectivity index (χ4n) is 2.85. The summed E-state index contributed by atoms with van der Waals surface area (Å²) in [7, 11) is 0. The highest BCUT2D eigenvalue weighted by Crippen LogP contribution is 2.39. The topological polar surface area (TPSA) is 68.0 Å². The number of nitrogens with zero attached hydrogens (tertiary/aromatic N) is 1. The van der Waals surface area contributed by atoms with Gasteiger partial charge >= 0.3 is 0 Å². The average Bonchev–Trinajstić information content (AvgIpc) is 3.28. The van der Waals surface area contributed by atoms with Crippen LogP contribution in [-0.2, 0) is 11.2 Å². The van der Waals surface area contributed by atoms with Gasteiger partial charge in [-0.3, -0.25) is 4.79 Å². The molecule has 1 saturated carbocycles. The summed E-state index contributed by atoms with van der Waals surface area (Å²) in [5, 5.41) is 4.25. The summed E-state index contributed by atoms with van der Waals surface area (Å²) in [5.41, 5.74) is 6.67. The number of aryl methyl sites for hydroxylation is 1. The quantitative estimate of drug-likeness (QED) is 0.825. The van der Waals surface area contributed by atoms with Crippen molar-refractivity contribution < 1.29 is 4.79 Å². The Balaban J connectivity index is 1.49. The van der Waals surface area contributed by atoms with E-state index >= 15 is 0 Å². The summed E-state index contributed by atoms with van der Waals surface area (Å²) >= 11 is 1.72. The first kappa shape index (κ1) is 15.4. The number of carbonyl (C=O) groups is 1. The van der Waals surface area contributed by atoms with E-state index in [1.54, 1.807) is 11.3 Å². The van der Waals surface area contributed by atoms with Gasteiger partial charge in [0.2, 0.25) is 5.91 Å². The van der Waals surface area contributed by atoms with Crippen LogP contribution in [0.25, 0.3) is 10.2 Å². The molecule has 1 aromatic heterocycles. The highest BCUT2D eigenvalue weighted by Gasteiger charge is 2.41. The van der Waals surface area contributed by atoms with E-state index in [1.165, 1.54) is 17.5 Å². The number of hydrogen-bond donors (Lipinski definition) is 2. The van der Waals surface area contributed by atoms with Crippen molar-refractivity contribution in [2.75, 3.05) is 6.54 Å². The smallest absolute Gasteiger partial charge is 0.220 e. The van der Waals surface area contributed by atoms with Crippen molar-refractivity contribution in [2.45, 2.75) is 44.6 Å². The molecule has 0 saturated heterocycles. The molecule has 4 nitrogen and oxygen atoms in total. The number of para-hydroxylation sites is 1. The van der Waals surface area contributed by atoms with Gasteiger partial charge in [0, 0.05) is 13.0 Å². The molecule has 1 amide bonds. The van der Waals surface area contributed by atoms with E-state index in [9.17, 15) is 4.79 Å². The van der Waals surface area contributed by atoms with Crippen molar-refractivity contribution in [1.29, 1.82) is 0 Å². The molecule has 0 spiro atoms. The van der Waals surface area contributed by atoms with E-state index in [-0.39, 0.29) is 11.4 Å². The second-order valence-electron chi connectivity index (χ2n) is 6.37. The van der Waals surface area contributed by atoms with Crippen LogP contribution >= 0.6 is 11.3 Å². The van der Waals surface area contributed by atoms with E-state index in [4.69, 9.17) is 5.73 Å². The number of hydrogen-bond acceptors (Lipinski definition) is 4. The van der Waals surface area contributed by atoms with E-state index in [0.717, 1.165) is 23.4 Å². The van der Waals surface area contributed by atoms with Crippen LogP contribution in [0.1, 0.15) is 37.6 Å². The lowest BCUT2D eigenvalue weighted by Gasteiger charge is -2.29. The molecular formula is C17H23N3OS. The molecule has 2 aromatic rings. The molecule has 1 aliphatic carbocycles. The lowest BCUT2D eigenvalue weighted by Crippen LogP contribution is -2.53. The molecule has 0 bridgehead atoms. The SMILES string of the molecule is CC(CN)(NC(=O)CCCc1nc2ccccc2s1)C1CC1. The zero-order valence-electron chi connectivity index (χ0n) is 13.0. The highest BCUT2D eigenvalue weighted by molar-refractivity contribution is 7.18. The Bertz CT molecular complexity index is 632. The number of carbonyl (C=O) groups excluding carboxylic acids is 1. The lowest BCUT2D eigenvalue weighted by molar-refractivity contribution is -0.123. The molecule has 0 aliphatic heterocycles. The predicted octanol–water partition coefficient (Wildman–Crippen LogP) is 2.86. The van der Waals surface area contributed by atoms with Gasteiger partial charge in [-0.05, 0) is 50.7 Å². The zero-order valence-corrected chi connectivity index (χ0v) is 13.8. The van der Waals surface area contributed by atoms with E-state index in [2.05, 4.69) is 23.3 Å². The summed E-state index contributed by atoms with van der Waals surface area (Å²) in [6.07, 6.45) is 4.59. The van der Waals surface area contributed by atoms with Crippen LogP contribution in [-0.4, -0.2) is 23.0 Å². The van der Waals surface area contributed by atoms with Crippen molar-refractivity contribution in [3.05, 3.63) is 29.3 Å². The third-order valence-corrected chi connectivity index (χ3v) is 5.56. The number of nitrogens with one attached hydrogen (secondary N) is 1. The number of rotatable bonds is 7. The Morgan fingerprint density at radius 2 is 2.23 bits per heavy atom. The molecule has 1 heterocycles. The van der Waals surface area contributed by atoms with Gasteiger partial charge in [0.25, 0.3) is 0 Å². The molecule has 3 rings (SSSR count). The second kappa shape index (κ2) is 6.34. The number of fused-ring (bicyclic) bond motifs is 1. The summed E-state index contributed by atoms with van der Waals surface area (Å²) in [6, 6.07) is 8.16. The van der Waals surface area contributed by atoms with Gasteiger partial charge in [-0.25, -0.2) is 4.98 Å². The number of nitrogens with two attached hydrogens (primary N) is 1. The second-order valence-corrected chi connectivity index (χ2v) is 7.49. The van der Waals surface area contributed by atoms with Gasteiger partial charge in [-0.2, -0.15) is 0 Å². The van der Waals surface area contributed by atoms with Gasteiger partial charge in [-0.1, -0.05) is 12.1 Å². The maximum atomic E-state index is 12.1. The van der Waals surface area contributed by atoms with Crippen molar-refractivity contribution >= 4 is 27.5 Å². The average molecular weight is 317 g/mol. The first-order valence-electron chi connectivity index (χ1n) is 7.96. The maximum Gasteiger partial charge on any atom is 0.220 e. The number of aromatic nitrogens is 1. The van der Waals surface area contributed by atoms with Crippen molar-refractivity contribution in [3.8, 4) is 0 Å². The van der Waals surface area contributed by atoms with Crippen LogP contribution in [0.15, 0.2) is 24.3 Å². The van der Waals surface area contributed by atoms with Gasteiger partial charge < -0.3 is 11.1 Å². The standard InChI is InChI=1S/C17H23N3OS/c1-17(11-18,12-9-10-12)20-15(21)7-4-8-16-19-13-5-2-3-6-14(13)22-16/h2-3,5-6,12H,4,7-11,18H2,1H3,(H,20,21). The minimum atomic E-state index is -0.215. The minimum Gasteiger partial charge on any atom is -0.349 e. The Morgan fingerprint density at radius 1 is 1.45 bits per heavy atom. The van der Waals surface area contributed by atoms with E-state index in [1.807, 2.05) is 18.2 Å². The maximum absolute atomic E-state index is 12.1.